The standard InChI is InChI=1S/C22H24FN7O2/c1-14-11-15(2)30(28-14)20-8-7-19(26-27-20)24-9-10-25-22(32)16-12-21(31)29(13-16)18-5-3-17(23)4-6-18/h3-8,11,16H,9-10,12-13H2,1-2H3,(H,24,26)(H,25,32). The van der Waals surface area contributed by atoms with Crippen molar-refractivity contribution in [2.45, 2.75) is 20.3 Å². The minimum atomic E-state index is -0.438. The van der Waals surface area contributed by atoms with E-state index >= 15 is 0 Å². The molecule has 32 heavy (non-hydrogen) atoms. The molecule has 1 atom stereocenters. The number of rotatable bonds is 7. The summed E-state index contributed by atoms with van der Waals surface area (Å²) in [5.74, 6) is 0.0817. The molecule has 1 aliphatic rings. The van der Waals surface area contributed by atoms with Crippen LogP contribution in [0, 0.1) is 25.6 Å². The lowest BCUT2D eigenvalue weighted by Crippen LogP contribution is -2.35. The van der Waals surface area contributed by atoms with Gasteiger partial charge in [-0.25, -0.2) is 9.07 Å². The smallest absolute Gasteiger partial charge is 0.227 e. The molecule has 0 bridgehead atoms. The predicted octanol–water partition coefficient (Wildman–Crippen LogP) is 2.00. The number of aromatic nitrogens is 4. The molecule has 1 saturated heterocycles. The fraction of sp³-hybridized carbons (Fsp3) is 0.318. The second-order valence-corrected chi connectivity index (χ2v) is 7.72. The van der Waals surface area contributed by atoms with Crippen LogP contribution in [0.1, 0.15) is 17.8 Å². The maximum Gasteiger partial charge on any atom is 0.227 e. The number of carbonyl (C=O) groups is 2. The van der Waals surface area contributed by atoms with E-state index in [0.717, 1.165) is 11.4 Å². The molecular weight excluding hydrogens is 413 g/mol. The van der Waals surface area contributed by atoms with E-state index in [1.807, 2.05) is 26.0 Å². The third kappa shape index (κ3) is 4.74. The van der Waals surface area contributed by atoms with Crippen molar-refractivity contribution in [2.75, 3.05) is 29.9 Å². The highest BCUT2D eigenvalue weighted by molar-refractivity contribution is 6.00. The van der Waals surface area contributed by atoms with Gasteiger partial charge in [-0.1, -0.05) is 0 Å². The Morgan fingerprint density at radius 1 is 1.12 bits per heavy atom. The van der Waals surface area contributed by atoms with Gasteiger partial charge >= 0.3 is 0 Å². The van der Waals surface area contributed by atoms with Gasteiger partial charge in [0.1, 0.15) is 11.6 Å². The van der Waals surface area contributed by atoms with E-state index in [1.54, 1.807) is 22.9 Å². The Kier molecular flexibility index (Phi) is 6.11. The number of benzene rings is 1. The molecule has 1 unspecified atom stereocenters. The summed E-state index contributed by atoms with van der Waals surface area (Å²) in [4.78, 5) is 26.2. The number of amides is 2. The molecule has 0 spiro atoms. The van der Waals surface area contributed by atoms with Crippen molar-refractivity contribution < 1.29 is 14.0 Å². The summed E-state index contributed by atoms with van der Waals surface area (Å²) in [7, 11) is 0. The molecule has 1 aromatic carbocycles. The van der Waals surface area contributed by atoms with E-state index in [-0.39, 0.29) is 30.6 Å². The summed E-state index contributed by atoms with van der Waals surface area (Å²) in [6, 6.07) is 11.3. The quantitative estimate of drug-likeness (QED) is 0.548. The van der Waals surface area contributed by atoms with Crippen molar-refractivity contribution in [3.8, 4) is 5.82 Å². The van der Waals surface area contributed by atoms with Gasteiger partial charge in [-0.05, 0) is 56.3 Å². The van der Waals surface area contributed by atoms with Crippen LogP contribution in [0.3, 0.4) is 0 Å². The van der Waals surface area contributed by atoms with Crippen LogP contribution in [0.25, 0.3) is 5.82 Å². The van der Waals surface area contributed by atoms with Crippen molar-refractivity contribution in [2.24, 2.45) is 5.92 Å². The summed E-state index contributed by atoms with van der Waals surface area (Å²) in [5.41, 5.74) is 2.48. The van der Waals surface area contributed by atoms with E-state index in [2.05, 4.69) is 25.9 Å². The highest BCUT2D eigenvalue weighted by Gasteiger charge is 2.34. The Hall–Kier alpha value is -3.82. The number of nitrogens with one attached hydrogen (secondary N) is 2. The van der Waals surface area contributed by atoms with Crippen LogP contribution in [0.2, 0.25) is 0 Å². The Balaban J connectivity index is 1.23. The van der Waals surface area contributed by atoms with E-state index in [1.165, 1.54) is 17.0 Å². The predicted molar refractivity (Wildman–Crippen MR) is 117 cm³/mol. The van der Waals surface area contributed by atoms with Crippen LogP contribution >= 0.6 is 0 Å². The number of hydrogen-bond acceptors (Lipinski definition) is 6. The fourth-order valence-electron chi connectivity index (χ4n) is 3.67. The Morgan fingerprint density at radius 2 is 1.91 bits per heavy atom. The minimum Gasteiger partial charge on any atom is -0.367 e. The van der Waals surface area contributed by atoms with Gasteiger partial charge in [-0.3, -0.25) is 9.59 Å². The van der Waals surface area contributed by atoms with Gasteiger partial charge in [0.2, 0.25) is 11.8 Å². The third-order valence-electron chi connectivity index (χ3n) is 5.24. The van der Waals surface area contributed by atoms with Crippen LogP contribution in [0.5, 0.6) is 0 Å². The Bertz CT molecular complexity index is 1110. The monoisotopic (exact) mass is 437 g/mol. The summed E-state index contributed by atoms with van der Waals surface area (Å²) < 4.78 is 14.8. The van der Waals surface area contributed by atoms with Crippen LogP contribution < -0.4 is 15.5 Å². The first-order valence-corrected chi connectivity index (χ1v) is 10.4. The van der Waals surface area contributed by atoms with Gasteiger partial charge in [0.15, 0.2) is 5.82 Å². The molecule has 1 fully saturated rings. The molecule has 1 aliphatic heterocycles. The number of carbonyl (C=O) groups excluding carboxylic acids is 2. The molecule has 2 aromatic heterocycles. The molecule has 0 saturated carbocycles. The zero-order valence-electron chi connectivity index (χ0n) is 17.9. The average Bonchev–Trinajstić information content (AvgIpc) is 3.33. The second-order valence-electron chi connectivity index (χ2n) is 7.72. The lowest BCUT2D eigenvalue weighted by atomic mass is 10.1. The van der Waals surface area contributed by atoms with Gasteiger partial charge < -0.3 is 15.5 Å². The second kappa shape index (κ2) is 9.13. The van der Waals surface area contributed by atoms with Crippen LogP contribution in [-0.4, -0.2) is 51.4 Å². The van der Waals surface area contributed by atoms with Crippen LogP contribution in [0.15, 0.2) is 42.5 Å². The number of halogens is 1. The maximum atomic E-state index is 13.1. The van der Waals surface area contributed by atoms with Crippen LogP contribution in [-0.2, 0) is 9.59 Å². The molecule has 3 aromatic rings. The fourth-order valence-corrected chi connectivity index (χ4v) is 3.67. The first-order chi connectivity index (χ1) is 15.4. The minimum absolute atomic E-state index is 0.135. The van der Waals surface area contributed by atoms with Gasteiger partial charge in [-0.15, -0.1) is 10.2 Å². The molecule has 4 rings (SSSR count). The lowest BCUT2D eigenvalue weighted by molar-refractivity contribution is -0.126. The third-order valence-corrected chi connectivity index (χ3v) is 5.24. The van der Waals surface area contributed by atoms with Crippen molar-refractivity contribution >= 4 is 23.3 Å². The Morgan fingerprint density at radius 3 is 2.56 bits per heavy atom. The highest BCUT2D eigenvalue weighted by atomic mass is 19.1. The molecule has 9 nitrogen and oxygen atoms in total. The molecule has 0 aliphatic carbocycles. The largest absolute Gasteiger partial charge is 0.367 e. The van der Waals surface area contributed by atoms with Crippen molar-refractivity contribution in [3.63, 3.8) is 0 Å². The first-order valence-electron chi connectivity index (χ1n) is 10.4. The SMILES string of the molecule is Cc1cc(C)n(-c2ccc(NCCNC(=O)C3CC(=O)N(c4ccc(F)cc4)C3)nn2)n1. The Labute approximate surface area is 184 Å². The van der Waals surface area contributed by atoms with Gasteiger partial charge in [0, 0.05) is 37.4 Å². The molecule has 2 N–H and O–H groups in total. The molecule has 166 valence electrons. The van der Waals surface area contributed by atoms with Crippen molar-refractivity contribution in [3.05, 3.63) is 59.7 Å². The molecule has 10 heteroatoms. The summed E-state index contributed by atoms with van der Waals surface area (Å²) in [6.45, 7) is 4.99. The molecule has 3 heterocycles. The van der Waals surface area contributed by atoms with E-state index in [4.69, 9.17) is 0 Å². The van der Waals surface area contributed by atoms with E-state index in [0.29, 0.717) is 30.4 Å². The molecule has 0 radical (unpaired) electrons. The zero-order chi connectivity index (χ0) is 22.7. The number of aryl methyl sites for hydroxylation is 2. The van der Waals surface area contributed by atoms with Gasteiger partial charge in [0.25, 0.3) is 0 Å². The van der Waals surface area contributed by atoms with E-state index < -0.39 is 5.92 Å². The van der Waals surface area contributed by atoms with E-state index in [9.17, 15) is 14.0 Å². The highest BCUT2D eigenvalue weighted by Crippen LogP contribution is 2.25. The summed E-state index contributed by atoms with van der Waals surface area (Å²) in [6.07, 6.45) is 0.135. The molecule has 2 amide bonds. The summed E-state index contributed by atoms with van der Waals surface area (Å²) in [5, 5.41) is 18.7. The topological polar surface area (TPSA) is 105 Å². The van der Waals surface area contributed by atoms with Gasteiger partial charge in [-0.2, -0.15) is 5.10 Å². The number of anilines is 2. The zero-order valence-corrected chi connectivity index (χ0v) is 17.9. The average molecular weight is 437 g/mol. The van der Waals surface area contributed by atoms with Crippen molar-refractivity contribution in [1.82, 2.24) is 25.3 Å². The lowest BCUT2D eigenvalue weighted by Gasteiger charge is -2.16. The summed E-state index contributed by atoms with van der Waals surface area (Å²) >= 11 is 0. The van der Waals surface area contributed by atoms with Crippen molar-refractivity contribution in [1.29, 1.82) is 0 Å². The first kappa shape index (κ1) is 21.4. The number of nitrogens with zero attached hydrogens (tertiary/aromatic N) is 5. The van der Waals surface area contributed by atoms with Crippen LogP contribution in [0.4, 0.5) is 15.9 Å². The maximum absolute atomic E-state index is 13.1. The van der Waals surface area contributed by atoms with Gasteiger partial charge in [0.05, 0.1) is 11.6 Å². The number of hydrogen-bond donors (Lipinski definition) is 2. The molecular formula is C22H24FN7O2. The normalized spacial score (nSPS) is 15.8.